The van der Waals surface area contributed by atoms with Crippen molar-refractivity contribution in [1.29, 1.82) is 0 Å². The first-order valence-corrected chi connectivity index (χ1v) is 33.3. The molecule has 456 valence electrons. The largest absolute Gasteiger partial charge is 0.477 e. The van der Waals surface area contributed by atoms with Gasteiger partial charge in [-0.3, -0.25) is 9.59 Å². The van der Waals surface area contributed by atoms with Crippen molar-refractivity contribution >= 4 is 17.9 Å². The van der Waals surface area contributed by atoms with Gasteiger partial charge in [-0.15, -0.1) is 0 Å². The van der Waals surface area contributed by atoms with Crippen molar-refractivity contribution in [1.82, 2.24) is 0 Å². The number of hydrogen-bond donors (Lipinski definition) is 1. The molecule has 0 bridgehead atoms. The van der Waals surface area contributed by atoms with Crippen LogP contribution in [0.5, 0.6) is 0 Å². The van der Waals surface area contributed by atoms with Crippen molar-refractivity contribution in [2.45, 2.75) is 328 Å². The van der Waals surface area contributed by atoms with Crippen molar-refractivity contribution in [2.75, 3.05) is 47.5 Å². The number of nitrogens with zero attached hydrogens (tertiary/aromatic N) is 1. The van der Waals surface area contributed by atoms with E-state index in [1.807, 2.05) is 33.3 Å². The molecule has 0 aromatic carbocycles. The van der Waals surface area contributed by atoms with Crippen molar-refractivity contribution in [3.05, 3.63) is 48.6 Å². The van der Waals surface area contributed by atoms with Crippen molar-refractivity contribution in [3.8, 4) is 0 Å². The molecule has 0 fully saturated rings. The fourth-order valence-corrected chi connectivity index (χ4v) is 9.80. The maximum atomic E-state index is 12.8. The quantitative estimate of drug-likeness (QED) is 0.0211. The number of allylic oxidation sites excluding steroid dienone is 8. The second kappa shape index (κ2) is 60.3. The Morgan fingerprint density at radius 2 is 0.731 bits per heavy atom. The van der Waals surface area contributed by atoms with E-state index in [2.05, 4.69) is 50.3 Å². The van der Waals surface area contributed by atoms with Crippen LogP contribution < -0.4 is 0 Å². The minimum Gasteiger partial charge on any atom is -0.477 e. The van der Waals surface area contributed by atoms with E-state index in [9.17, 15) is 19.5 Å². The number of carbonyl (C=O) groups excluding carboxylic acids is 2. The van der Waals surface area contributed by atoms with Gasteiger partial charge in [0.15, 0.2) is 6.10 Å². The Morgan fingerprint density at radius 1 is 0.397 bits per heavy atom. The molecule has 0 saturated heterocycles. The summed E-state index contributed by atoms with van der Waals surface area (Å²) in [6.45, 7) is 4.71. The average molecular weight is 1100 g/mol. The van der Waals surface area contributed by atoms with Gasteiger partial charge in [-0.05, 0) is 38.5 Å². The van der Waals surface area contributed by atoms with Crippen LogP contribution in [0.25, 0.3) is 0 Å². The number of carboxylic acid groups (broad SMARTS) is 1. The number of esters is 2. The van der Waals surface area contributed by atoms with E-state index < -0.39 is 24.3 Å². The lowest BCUT2D eigenvalue weighted by molar-refractivity contribution is -0.870. The van der Waals surface area contributed by atoms with E-state index in [0.717, 1.165) is 44.9 Å². The van der Waals surface area contributed by atoms with Crippen molar-refractivity contribution in [3.63, 3.8) is 0 Å². The minimum absolute atomic E-state index is 0.140. The Balaban J connectivity index is 3.88. The fraction of sp³-hybridized carbons (Fsp3) is 0.841. The third-order valence-electron chi connectivity index (χ3n) is 14.9. The second-order valence-electron chi connectivity index (χ2n) is 23.8. The summed E-state index contributed by atoms with van der Waals surface area (Å²) in [4.78, 5) is 37.3. The molecule has 0 heterocycles. The molecule has 0 radical (unpaired) electrons. The van der Waals surface area contributed by atoms with Crippen LogP contribution in [0.1, 0.15) is 316 Å². The zero-order valence-electron chi connectivity index (χ0n) is 52.1. The van der Waals surface area contributed by atoms with Gasteiger partial charge in [0.2, 0.25) is 0 Å². The molecule has 0 aliphatic rings. The van der Waals surface area contributed by atoms with E-state index in [1.165, 1.54) is 238 Å². The molecule has 0 aromatic heterocycles. The summed E-state index contributed by atoms with van der Waals surface area (Å²) in [5.41, 5.74) is 0. The Kier molecular flexibility index (Phi) is 58.2. The molecule has 0 aromatic rings. The Hall–Kier alpha value is -2.75. The maximum Gasteiger partial charge on any atom is 0.361 e. The first kappa shape index (κ1) is 75.2. The number of carbonyl (C=O) groups is 3. The summed E-state index contributed by atoms with van der Waals surface area (Å²) in [7, 11) is 5.95. The maximum absolute atomic E-state index is 12.8. The highest BCUT2D eigenvalue weighted by molar-refractivity contribution is 5.71. The Morgan fingerprint density at radius 3 is 1.06 bits per heavy atom. The van der Waals surface area contributed by atoms with E-state index in [1.54, 1.807) is 0 Å². The molecule has 1 N–H and O–H groups in total. The van der Waals surface area contributed by atoms with Crippen LogP contribution in [0.4, 0.5) is 0 Å². The number of likely N-dealkylation sites (N-methyl/N-ethyl adjacent to an activating group) is 1. The predicted octanol–water partition coefficient (Wildman–Crippen LogP) is 20.2. The lowest BCUT2D eigenvalue weighted by atomic mass is 10.0. The third-order valence-corrected chi connectivity index (χ3v) is 14.9. The summed E-state index contributed by atoms with van der Waals surface area (Å²) >= 11 is 0. The van der Waals surface area contributed by atoms with Crippen LogP contribution in [0.15, 0.2) is 48.6 Å². The first-order chi connectivity index (χ1) is 38.1. The van der Waals surface area contributed by atoms with E-state index in [0.29, 0.717) is 23.9 Å². The standard InChI is InChI=1S/C69H127NO8/c1-6-8-10-12-14-16-18-20-21-22-23-24-25-26-27-28-29-30-31-32-33-34-35-36-37-38-39-40-41-42-43-44-45-46-48-49-51-53-55-57-59-66(71)76-63-65(64-77-69(68(73)74)75-62-61-70(3,4)5)78-67(72)60-58-56-54-52-50-47-19-17-15-13-11-9-7-2/h9,11,15,17,47,50,54,56,65,69H,6-8,10,12-14,16,18-46,48-49,51-53,55,57-64H2,1-5H3/p+1/b11-9-,17-15-,50-47-,56-54-. The average Bonchev–Trinajstić information content (AvgIpc) is 3.41. The van der Waals surface area contributed by atoms with Crippen LogP contribution >= 0.6 is 0 Å². The zero-order chi connectivity index (χ0) is 56.9. The number of unbranched alkanes of at least 4 members (excludes halogenated alkanes) is 39. The highest BCUT2D eigenvalue weighted by Gasteiger charge is 2.25. The lowest BCUT2D eigenvalue weighted by Gasteiger charge is -2.25. The van der Waals surface area contributed by atoms with Crippen LogP contribution in [-0.4, -0.2) is 87.4 Å². The summed E-state index contributed by atoms with van der Waals surface area (Å²) in [5.74, 6) is -2.10. The van der Waals surface area contributed by atoms with Crippen LogP contribution in [0, 0.1) is 0 Å². The summed E-state index contributed by atoms with van der Waals surface area (Å²) in [6.07, 6.45) is 74.4. The molecule has 0 amide bonds. The number of carboxylic acids is 1. The molecule has 0 rings (SSSR count). The summed E-state index contributed by atoms with van der Waals surface area (Å²) < 4.78 is 22.8. The van der Waals surface area contributed by atoms with Crippen LogP contribution in [-0.2, 0) is 33.3 Å². The van der Waals surface area contributed by atoms with Gasteiger partial charge in [0.05, 0.1) is 34.4 Å². The van der Waals surface area contributed by atoms with Gasteiger partial charge in [-0.1, -0.05) is 313 Å². The molecule has 9 heteroatoms. The molecule has 9 nitrogen and oxygen atoms in total. The van der Waals surface area contributed by atoms with Crippen LogP contribution in [0.3, 0.4) is 0 Å². The molecular weight excluding hydrogens is 971 g/mol. The summed E-state index contributed by atoms with van der Waals surface area (Å²) in [6, 6.07) is 0. The zero-order valence-corrected chi connectivity index (χ0v) is 52.1. The molecule has 2 atom stereocenters. The van der Waals surface area contributed by atoms with Gasteiger partial charge < -0.3 is 28.5 Å². The highest BCUT2D eigenvalue weighted by atomic mass is 16.7. The van der Waals surface area contributed by atoms with Crippen LogP contribution in [0.2, 0.25) is 0 Å². The van der Waals surface area contributed by atoms with Gasteiger partial charge in [-0.2, -0.15) is 0 Å². The second-order valence-corrected chi connectivity index (χ2v) is 23.8. The van der Waals surface area contributed by atoms with E-state index >= 15 is 0 Å². The fourth-order valence-electron chi connectivity index (χ4n) is 9.80. The van der Waals surface area contributed by atoms with Gasteiger partial charge in [0.1, 0.15) is 13.2 Å². The smallest absolute Gasteiger partial charge is 0.361 e. The lowest BCUT2D eigenvalue weighted by Crippen LogP contribution is -2.40. The molecule has 0 saturated carbocycles. The van der Waals surface area contributed by atoms with Gasteiger partial charge in [0, 0.05) is 12.8 Å². The van der Waals surface area contributed by atoms with Gasteiger partial charge >= 0.3 is 17.9 Å². The molecule has 0 aliphatic heterocycles. The van der Waals surface area contributed by atoms with Crippen molar-refractivity contribution < 1.29 is 42.9 Å². The first-order valence-electron chi connectivity index (χ1n) is 33.3. The van der Waals surface area contributed by atoms with Gasteiger partial charge in [0.25, 0.3) is 6.29 Å². The topological polar surface area (TPSA) is 108 Å². The Bertz CT molecular complexity index is 1420. The molecule has 78 heavy (non-hydrogen) atoms. The molecular formula is C69H128NO8+. The number of aliphatic carboxylic acids is 1. The van der Waals surface area contributed by atoms with Gasteiger partial charge in [-0.25, -0.2) is 4.79 Å². The van der Waals surface area contributed by atoms with E-state index in [-0.39, 0.29) is 32.2 Å². The monoisotopic (exact) mass is 1100 g/mol. The molecule has 2 unspecified atom stereocenters. The third kappa shape index (κ3) is 60.9. The highest BCUT2D eigenvalue weighted by Crippen LogP contribution is 2.19. The summed E-state index contributed by atoms with van der Waals surface area (Å²) in [5, 5.41) is 9.68. The normalized spacial score (nSPS) is 13.0. The van der Waals surface area contributed by atoms with E-state index in [4.69, 9.17) is 18.9 Å². The minimum atomic E-state index is -1.53. The molecule has 0 spiro atoms. The number of ether oxygens (including phenoxy) is 4. The SMILES string of the molecule is CC/C=C\C/C=C\C/C=C\C/C=C\CCC(=O)OC(COC(=O)CCCCCCCCCCCCCCCCCCCCCCCCCCCCCCCCCCCCCCCCCC)COC(OCC[N+](C)(C)C)C(=O)O. The number of rotatable bonds is 62. The number of quaternary nitrogens is 1. The Labute approximate surface area is 482 Å². The number of hydrogen-bond acceptors (Lipinski definition) is 7. The van der Waals surface area contributed by atoms with Crippen molar-refractivity contribution in [2.24, 2.45) is 0 Å². The molecule has 0 aliphatic carbocycles. The predicted molar refractivity (Wildman–Crippen MR) is 332 cm³/mol.